The van der Waals surface area contributed by atoms with Gasteiger partial charge in [-0.2, -0.15) is 0 Å². The molecule has 1 aromatic heterocycles. The van der Waals surface area contributed by atoms with Gasteiger partial charge in [0, 0.05) is 13.0 Å². The molecule has 5 heteroatoms. The summed E-state index contributed by atoms with van der Waals surface area (Å²) in [5, 5.41) is 4.46. The quantitative estimate of drug-likeness (QED) is 0.832. The van der Waals surface area contributed by atoms with E-state index in [1.54, 1.807) is 0 Å². The van der Waals surface area contributed by atoms with Crippen LogP contribution in [0.1, 0.15) is 25.5 Å². The zero-order valence-corrected chi connectivity index (χ0v) is 10.7. The van der Waals surface area contributed by atoms with Crippen molar-refractivity contribution in [2.75, 3.05) is 19.6 Å². The highest BCUT2D eigenvalue weighted by atomic mass is 35.5. The number of hydrogen-bond donors (Lipinski definition) is 0. The van der Waals surface area contributed by atoms with Gasteiger partial charge in [-0.25, -0.2) is 0 Å². The molecule has 0 radical (unpaired) electrons. The van der Waals surface area contributed by atoms with E-state index >= 15 is 0 Å². The molecule has 3 fully saturated rings. The van der Waals surface area contributed by atoms with Crippen LogP contribution >= 0.6 is 11.6 Å². The summed E-state index contributed by atoms with van der Waals surface area (Å²) in [4.78, 5) is 2.44. The SMILES string of the molecule is CCc1onc(OC2CN3CCC2CC3)c1Cl. The largest absolute Gasteiger partial charge is 0.469 e. The normalized spacial score (nSPS) is 31.8. The Balaban J connectivity index is 1.72. The molecular formula is C12H17ClN2O2. The minimum atomic E-state index is 0.227. The Morgan fingerprint density at radius 3 is 2.76 bits per heavy atom. The summed E-state index contributed by atoms with van der Waals surface area (Å²) in [6.45, 7) is 5.40. The van der Waals surface area contributed by atoms with Crippen molar-refractivity contribution >= 4 is 11.6 Å². The van der Waals surface area contributed by atoms with E-state index in [0.29, 0.717) is 22.6 Å². The van der Waals surface area contributed by atoms with Gasteiger partial charge >= 0.3 is 0 Å². The Bertz CT molecular complexity index is 399. The summed E-state index contributed by atoms with van der Waals surface area (Å²) in [5.41, 5.74) is 0. The lowest BCUT2D eigenvalue weighted by Crippen LogP contribution is -2.52. The highest BCUT2D eigenvalue weighted by molar-refractivity contribution is 6.32. The molecule has 0 spiro atoms. The molecule has 3 aliphatic rings. The lowest BCUT2D eigenvalue weighted by molar-refractivity contribution is -0.0113. The van der Waals surface area contributed by atoms with E-state index in [0.717, 1.165) is 13.0 Å². The van der Waals surface area contributed by atoms with Crippen molar-refractivity contribution in [1.29, 1.82) is 0 Å². The van der Waals surface area contributed by atoms with Crippen molar-refractivity contribution in [3.05, 3.63) is 10.8 Å². The molecule has 0 amide bonds. The van der Waals surface area contributed by atoms with Gasteiger partial charge in [0.25, 0.3) is 5.88 Å². The molecule has 2 bridgehead atoms. The number of ether oxygens (including phenoxy) is 1. The highest BCUT2D eigenvalue weighted by Gasteiger charge is 2.36. The summed E-state index contributed by atoms with van der Waals surface area (Å²) in [6.07, 6.45) is 3.42. The molecule has 1 aromatic rings. The van der Waals surface area contributed by atoms with Gasteiger partial charge in [-0.05, 0) is 37.0 Å². The highest BCUT2D eigenvalue weighted by Crippen LogP contribution is 2.34. The molecule has 1 unspecified atom stereocenters. The maximum Gasteiger partial charge on any atom is 0.273 e. The number of hydrogen-bond acceptors (Lipinski definition) is 4. The van der Waals surface area contributed by atoms with E-state index in [9.17, 15) is 0 Å². The zero-order chi connectivity index (χ0) is 11.8. The molecule has 4 nitrogen and oxygen atoms in total. The van der Waals surface area contributed by atoms with Crippen LogP contribution in [0, 0.1) is 5.92 Å². The topological polar surface area (TPSA) is 38.5 Å². The van der Waals surface area contributed by atoms with Crippen LogP contribution in [-0.2, 0) is 6.42 Å². The summed E-state index contributed by atoms with van der Waals surface area (Å²) in [5.74, 6) is 1.84. The molecule has 0 saturated carbocycles. The van der Waals surface area contributed by atoms with Gasteiger partial charge in [0.2, 0.25) is 0 Å². The minimum Gasteiger partial charge on any atom is -0.469 e. The number of nitrogens with zero attached hydrogens (tertiary/aromatic N) is 2. The van der Waals surface area contributed by atoms with Crippen molar-refractivity contribution in [3.63, 3.8) is 0 Å². The average Bonchev–Trinajstić information content (AvgIpc) is 2.72. The molecule has 0 aromatic carbocycles. The predicted octanol–water partition coefficient (Wildman–Crippen LogP) is 2.36. The fraction of sp³-hybridized carbons (Fsp3) is 0.750. The van der Waals surface area contributed by atoms with Gasteiger partial charge < -0.3 is 9.26 Å². The maximum absolute atomic E-state index is 6.15. The summed E-state index contributed by atoms with van der Waals surface area (Å²) in [7, 11) is 0. The molecule has 4 heterocycles. The Morgan fingerprint density at radius 2 is 2.24 bits per heavy atom. The second-order valence-corrected chi connectivity index (χ2v) is 5.25. The Kier molecular flexibility index (Phi) is 3.01. The minimum absolute atomic E-state index is 0.227. The number of piperidine rings is 3. The van der Waals surface area contributed by atoms with E-state index in [4.69, 9.17) is 20.9 Å². The van der Waals surface area contributed by atoms with Crippen molar-refractivity contribution in [2.45, 2.75) is 32.3 Å². The molecular weight excluding hydrogens is 240 g/mol. The Morgan fingerprint density at radius 1 is 1.47 bits per heavy atom. The van der Waals surface area contributed by atoms with Gasteiger partial charge in [0.1, 0.15) is 11.1 Å². The van der Waals surface area contributed by atoms with Crippen molar-refractivity contribution in [1.82, 2.24) is 10.1 Å². The molecule has 0 aliphatic carbocycles. The van der Waals surface area contributed by atoms with Crippen molar-refractivity contribution < 1.29 is 9.26 Å². The second kappa shape index (κ2) is 4.50. The zero-order valence-electron chi connectivity index (χ0n) is 9.99. The van der Waals surface area contributed by atoms with E-state index in [1.165, 1.54) is 25.9 Å². The van der Waals surface area contributed by atoms with Crippen LogP contribution in [0.4, 0.5) is 0 Å². The molecule has 3 saturated heterocycles. The van der Waals surface area contributed by atoms with E-state index in [2.05, 4.69) is 10.1 Å². The predicted molar refractivity (Wildman–Crippen MR) is 64.5 cm³/mol. The molecule has 0 N–H and O–H groups in total. The fourth-order valence-electron chi connectivity index (χ4n) is 2.78. The molecule has 3 aliphatic heterocycles. The van der Waals surface area contributed by atoms with E-state index in [1.807, 2.05) is 6.92 Å². The van der Waals surface area contributed by atoms with Crippen LogP contribution < -0.4 is 4.74 Å². The van der Waals surface area contributed by atoms with Crippen LogP contribution in [0.3, 0.4) is 0 Å². The van der Waals surface area contributed by atoms with Crippen LogP contribution in [-0.4, -0.2) is 35.8 Å². The maximum atomic E-state index is 6.15. The number of halogens is 1. The first-order chi connectivity index (χ1) is 8.28. The van der Waals surface area contributed by atoms with E-state index < -0.39 is 0 Å². The van der Waals surface area contributed by atoms with Gasteiger partial charge in [0.15, 0.2) is 5.76 Å². The van der Waals surface area contributed by atoms with Crippen molar-refractivity contribution in [2.24, 2.45) is 5.92 Å². The van der Waals surface area contributed by atoms with Gasteiger partial charge in [-0.15, -0.1) is 0 Å². The van der Waals surface area contributed by atoms with Crippen LogP contribution in [0.5, 0.6) is 5.88 Å². The molecule has 94 valence electrons. The first-order valence-electron chi connectivity index (χ1n) is 6.31. The number of fused-ring (bicyclic) bond motifs is 3. The van der Waals surface area contributed by atoms with Crippen LogP contribution in [0.2, 0.25) is 5.02 Å². The summed E-state index contributed by atoms with van der Waals surface area (Å²) >= 11 is 6.15. The fourth-order valence-corrected chi connectivity index (χ4v) is 3.02. The molecule has 1 atom stereocenters. The third-order valence-corrected chi connectivity index (χ3v) is 4.22. The third kappa shape index (κ3) is 2.04. The van der Waals surface area contributed by atoms with E-state index in [-0.39, 0.29) is 6.10 Å². The van der Waals surface area contributed by atoms with Gasteiger partial charge in [-0.3, -0.25) is 4.90 Å². The Hall–Kier alpha value is -0.740. The van der Waals surface area contributed by atoms with Crippen LogP contribution in [0.15, 0.2) is 4.52 Å². The average molecular weight is 257 g/mol. The first-order valence-corrected chi connectivity index (χ1v) is 6.68. The standard InChI is InChI=1S/C12H17ClN2O2/c1-2-9-11(13)12(14-17-9)16-10-7-15-5-3-8(10)4-6-15/h8,10H,2-7H2,1H3. The molecule has 4 rings (SSSR count). The molecule has 17 heavy (non-hydrogen) atoms. The number of aromatic nitrogens is 1. The first kappa shape index (κ1) is 11.4. The number of rotatable bonds is 3. The lowest BCUT2D eigenvalue weighted by atomic mass is 9.86. The summed E-state index contributed by atoms with van der Waals surface area (Å²) < 4.78 is 11.1. The third-order valence-electron chi connectivity index (χ3n) is 3.85. The number of aryl methyl sites for hydroxylation is 1. The van der Waals surface area contributed by atoms with Crippen LogP contribution in [0.25, 0.3) is 0 Å². The Labute approximate surface area is 106 Å². The van der Waals surface area contributed by atoms with Gasteiger partial charge in [-0.1, -0.05) is 18.5 Å². The summed E-state index contributed by atoms with van der Waals surface area (Å²) in [6, 6.07) is 0. The van der Waals surface area contributed by atoms with Gasteiger partial charge in [0.05, 0.1) is 0 Å². The monoisotopic (exact) mass is 256 g/mol. The lowest BCUT2D eigenvalue weighted by Gasteiger charge is -2.43. The smallest absolute Gasteiger partial charge is 0.273 e. The van der Waals surface area contributed by atoms with Crippen molar-refractivity contribution in [3.8, 4) is 5.88 Å². The second-order valence-electron chi connectivity index (χ2n) is 4.87.